The third-order valence-corrected chi connectivity index (χ3v) is 3.01. The fourth-order valence-corrected chi connectivity index (χ4v) is 1.89. The summed E-state index contributed by atoms with van der Waals surface area (Å²) < 4.78 is 0. The van der Waals surface area contributed by atoms with Crippen molar-refractivity contribution in [2.75, 3.05) is 6.54 Å². The Balaban J connectivity index is 1.81. The second kappa shape index (κ2) is 4.00. The topological polar surface area (TPSA) is 70.7 Å². The molecule has 5 nitrogen and oxygen atoms in total. The zero-order valence-electron chi connectivity index (χ0n) is 8.92. The normalized spacial score (nSPS) is 17.4. The number of rotatable bonds is 5. The molecule has 0 spiro atoms. The molecule has 0 aliphatic heterocycles. The predicted molar refractivity (Wildman–Crippen MR) is 55.3 cm³/mol. The molecule has 0 radical (unpaired) electrons. The first-order valence-electron chi connectivity index (χ1n) is 5.40. The van der Waals surface area contributed by atoms with Gasteiger partial charge in [0.05, 0.1) is 6.20 Å². The highest BCUT2D eigenvalue weighted by molar-refractivity contribution is 5.91. The summed E-state index contributed by atoms with van der Waals surface area (Å²) in [5.74, 6) is -0.133. The first-order valence-corrected chi connectivity index (χ1v) is 5.40. The van der Waals surface area contributed by atoms with Crippen molar-refractivity contribution in [2.24, 2.45) is 5.41 Å². The molecule has 0 unspecified atom stereocenters. The molecule has 0 aromatic carbocycles. The monoisotopic (exact) mass is 208 g/mol. The Morgan fingerprint density at radius 3 is 3.00 bits per heavy atom. The van der Waals surface area contributed by atoms with Gasteiger partial charge in [0.1, 0.15) is 0 Å². The van der Waals surface area contributed by atoms with Crippen LogP contribution < -0.4 is 5.32 Å². The summed E-state index contributed by atoms with van der Waals surface area (Å²) in [4.78, 5) is 11.6. The van der Waals surface area contributed by atoms with Crippen LogP contribution in [0.25, 0.3) is 0 Å². The molecule has 1 aromatic heterocycles. The van der Waals surface area contributed by atoms with Crippen LogP contribution in [-0.2, 0) is 0 Å². The molecular weight excluding hydrogens is 192 g/mol. The molecular formula is C10H16N4O. The standard InChI is InChI=1S/C10H16N4O/c1-2-3-10(4-5-10)7-11-9(15)8-6-12-14-13-8/h6H,2-5,7H2,1H3,(H,11,15)(H,12,13,14). The molecule has 1 saturated carbocycles. The first kappa shape index (κ1) is 10.1. The van der Waals surface area contributed by atoms with Gasteiger partial charge >= 0.3 is 0 Å². The Labute approximate surface area is 88.6 Å². The number of amides is 1. The van der Waals surface area contributed by atoms with Gasteiger partial charge in [-0.3, -0.25) is 4.79 Å². The van der Waals surface area contributed by atoms with E-state index in [0.717, 1.165) is 6.54 Å². The van der Waals surface area contributed by atoms with Gasteiger partial charge in [-0.05, 0) is 24.7 Å². The van der Waals surface area contributed by atoms with E-state index in [9.17, 15) is 4.79 Å². The van der Waals surface area contributed by atoms with Gasteiger partial charge in [-0.25, -0.2) is 0 Å². The smallest absolute Gasteiger partial charge is 0.273 e. The molecule has 1 aromatic rings. The Morgan fingerprint density at radius 2 is 2.47 bits per heavy atom. The van der Waals surface area contributed by atoms with Crippen LogP contribution in [0, 0.1) is 5.41 Å². The highest BCUT2D eigenvalue weighted by atomic mass is 16.2. The lowest BCUT2D eigenvalue weighted by atomic mass is 10.0. The molecule has 0 atom stereocenters. The molecule has 1 aliphatic rings. The number of aromatic amines is 1. The molecule has 0 bridgehead atoms. The Bertz CT molecular complexity index is 329. The second-order valence-electron chi connectivity index (χ2n) is 4.29. The average Bonchev–Trinajstić information content (AvgIpc) is 2.81. The summed E-state index contributed by atoms with van der Waals surface area (Å²) >= 11 is 0. The SMILES string of the molecule is CCCC1(CNC(=O)c2cn[nH]n2)CC1. The van der Waals surface area contributed by atoms with Gasteiger partial charge < -0.3 is 5.32 Å². The fraction of sp³-hybridized carbons (Fsp3) is 0.700. The maximum absolute atomic E-state index is 11.6. The molecule has 1 aliphatic carbocycles. The highest BCUT2D eigenvalue weighted by Gasteiger charge is 2.41. The van der Waals surface area contributed by atoms with Gasteiger partial charge in [-0.1, -0.05) is 13.3 Å². The second-order valence-corrected chi connectivity index (χ2v) is 4.29. The van der Waals surface area contributed by atoms with Crippen molar-refractivity contribution in [1.29, 1.82) is 0 Å². The van der Waals surface area contributed by atoms with Crippen LogP contribution in [0.15, 0.2) is 6.20 Å². The van der Waals surface area contributed by atoms with Crippen molar-refractivity contribution in [2.45, 2.75) is 32.6 Å². The van der Waals surface area contributed by atoms with Crippen LogP contribution in [0.4, 0.5) is 0 Å². The van der Waals surface area contributed by atoms with E-state index >= 15 is 0 Å². The lowest BCUT2D eigenvalue weighted by Crippen LogP contribution is -2.30. The number of hydrogen-bond acceptors (Lipinski definition) is 3. The zero-order valence-corrected chi connectivity index (χ0v) is 8.92. The molecule has 2 rings (SSSR count). The van der Waals surface area contributed by atoms with Crippen molar-refractivity contribution < 1.29 is 4.79 Å². The largest absolute Gasteiger partial charge is 0.350 e. The minimum Gasteiger partial charge on any atom is -0.350 e. The minimum absolute atomic E-state index is 0.133. The first-order chi connectivity index (χ1) is 7.26. The van der Waals surface area contributed by atoms with E-state index in [0.29, 0.717) is 11.1 Å². The molecule has 1 amide bonds. The Kier molecular flexibility index (Phi) is 2.70. The maximum Gasteiger partial charge on any atom is 0.273 e. The van der Waals surface area contributed by atoms with Crippen LogP contribution in [0.2, 0.25) is 0 Å². The van der Waals surface area contributed by atoms with Crippen LogP contribution in [0.1, 0.15) is 43.1 Å². The number of hydrogen-bond donors (Lipinski definition) is 2. The Morgan fingerprint density at radius 1 is 1.67 bits per heavy atom. The van der Waals surface area contributed by atoms with Gasteiger partial charge in [0.25, 0.3) is 5.91 Å². The van der Waals surface area contributed by atoms with Crippen molar-refractivity contribution in [3.63, 3.8) is 0 Å². The van der Waals surface area contributed by atoms with Gasteiger partial charge in [0.15, 0.2) is 5.69 Å². The van der Waals surface area contributed by atoms with E-state index in [1.807, 2.05) is 0 Å². The summed E-state index contributed by atoms with van der Waals surface area (Å²) in [7, 11) is 0. The molecule has 0 saturated heterocycles. The molecule has 82 valence electrons. The maximum atomic E-state index is 11.6. The number of nitrogens with one attached hydrogen (secondary N) is 2. The number of carbonyl (C=O) groups is 1. The lowest BCUT2D eigenvalue weighted by molar-refractivity contribution is 0.0938. The number of carbonyl (C=O) groups excluding carboxylic acids is 1. The van der Waals surface area contributed by atoms with Crippen molar-refractivity contribution in [3.8, 4) is 0 Å². The zero-order chi connectivity index (χ0) is 10.7. The summed E-state index contributed by atoms with van der Waals surface area (Å²) in [6.45, 7) is 2.95. The van der Waals surface area contributed by atoms with E-state index in [1.165, 1.54) is 31.9 Å². The van der Waals surface area contributed by atoms with Crippen molar-refractivity contribution >= 4 is 5.91 Å². The van der Waals surface area contributed by atoms with E-state index in [2.05, 4.69) is 27.7 Å². The van der Waals surface area contributed by atoms with Gasteiger partial charge in [-0.2, -0.15) is 15.4 Å². The lowest BCUT2D eigenvalue weighted by Gasteiger charge is -2.13. The van der Waals surface area contributed by atoms with Crippen molar-refractivity contribution in [1.82, 2.24) is 20.7 Å². The van der Waals surface area contributed by atoms with E-state index in [4.69, 9.17) is 0 Å². The van der Waals surface area contributed by atoms with Crippen LogP contribution >= 0.6 is 0 Å². The molecule has 2 N–H and O–H groups in total. The summed E-state index contributed by atoms with van der Waals surface area (Å²) in [6.07, 6.45) is 6.29. The number of aromatic nitrogens is 3. The van der Waals surface area contributed by atoms with Crippen LogP contribution in [-0.4, -0.2) is 27.9 Å². The minimum atomic E-state index is -0.133. The summed E-state index contributed by atoms with van der Waals surface area (Å²) in [6, 6.07) is 0. The number of nitrogens with zero attached hydrogens (tertiary/aromatic N) is 2. The van der Waals surface area contributed by atoms with Gasteiger partial charge in [-0.15, -0.1) is 0 Å². The van der Waals surface area contributed by atoms with Crippen LogP contribution in [0.3, 0.4) is 0 Å². The number of H-pyrrole nitrogens is 1. The molecule has 5 heteroatoms. The summed E-state index contributed by atoms with van der Waals surface area (Å²) in [5.41, 5.74) is 0.746. The fourth-order valence-electron chi connectivity index (χ4n) is 1.89. The van der Waals surface area contributed by atoms with E-state index in [-0.39, 0.29) is 5.91 Å². The quantitative estimate of drug-likeness (QED) is 0.761. The van der Waals surface area contributed by atoms with Crippen LogP contribution in [0.5, 0.6) is 0 Å². The van der Waals surface area contributed by atoms with Gasteiger partial charge in [0.2, 0.25) is 0 Å². The van der Waals surface area contributed by atoms with E-state index < -0.39 is 0 Å². The predicted octanol–water partition coefficient (Wildman–Crippen LogP) is 1.11. The third kappa shape index (κ3) is 2.34. The van der Waals surface area contributed by atoms with Gasteiger partial charge in [0, 0.05) is 6.54 Å². The van der Waals surface area contributed by atoms with Crippen molar-refractivity contribution in [3.05, 3.63) is 11.9 Å². The molecule has 1 fully saturated rings. The summed E-state index contributed by atoms with van der Waals surface area (Å²) in [5, 5.41) is 12.7. The highest BCUT2D eigenvalue weighted by Crippen LogP contribution is 2.48. The van der Waals surface area contributed by atoms with E-state index in [1.54, 1.807) is 0 Å². The molecule has 15 heavy (non-hydrogen) atoms. The third-order valence-electron chi connectivity index (χ3n) is 3.01. The Hall–Kier alpha value is -1.39. The average molecular weight is 208 g/mol. The molecule has 1 heterocycles.